The fourth-order valence-electron chi connectivity index (χ4n) is 2.86. The molecule has 3 rings (SSSR count). The van der Waals surface area contributed by atoms with E-state index >= 15 is 0 Å². The number of aromatic nitrogens is 2. The average molecular weight is 333 g/mol. The molecular formula is C16H19N3OS2. The van der Waals surface area contributed by atoms with Gasteiger partial charge in [-0.3, -0.25) is 4.79 Å². The Morgan fingerprint density at radius 1 is 1.32 bits per heavy atom. The lowest BCUT2D eigenvalue weighted by Gasteiger charge is -2.36. The number of hydrogen-bond acceptors (Lipinski definition) is 5. The third kappa shape index (κ3) is 4.08. The Morgan fingerprint density at radius 3 is 2.95 bits per heavy atom. The Kier molecular flexibility index (Phi) is 5.45. The molecule has 22 heavy (non-hydrogen) atoms. The molecule has 6 heteroatoms. The average Bonchev–Trinajstić information content (AvgIpc) is 3.08. The van der Waals surface area contributed by atoms with Crippen LogP contribution < -0.4 is 0 Å². The van der Waals surface area contributed by atoms with Crippen molar-refractivity contribution in [2.45, 2.75) is 36.1 Å². The first-order valence-electron chi connectivity index (χ1n) is 7.55. The minimum absolute atomic E-state index is 0.223. The zero-order valence-electron chi connectivity index (χ0n) is 12.4. The number of hydrogen-bond donors (Lipinski definition) is 0. The second-order valence-corrected chi connectivity index (χ2v) is 7.48. The van der Waals surface area contributed by atoms with E-state index in [0.717, 1.165) is 30.1 Å². The third-order valence-electron chi connectivity index (χ3n) is 3.92. The van der Waals surface area contributed by atoms with Gasteiger partial charge in [-0.2, -0.15) is 0 Å². The van der Waals surface area contributed by atoms with Crippen LogP contribution in [-0.4, -0.2) is 39.3 Å². The summed E-state index contributed by atoms with van der Waals surface area (Å²) in [6, 6.07) is 10.8. The Morgan fingerprint density at radius 2 is 2.18 bits per heavy atom. The normalized spacial score (nSPS) is 18.4. The van der Waals surface area contributed by atoms with Gasteiger partial charge in [0, 0.05) is 12.6 Å². The van der Waals surface area contributed by atoms with Crippen molar-refractivity contribution in [3.05, 3.63) is 41.4 Å². The first-order chi connectivity index (χ1) is 10.8. The predicted octanol–water partition coefficient (Wildman–Crippen LogP) is 3.25. The van der Waals surface area contributed by atoms with Gasteiger partial charge in [0.05, 0.1) is 5.75 Å². The molecule has 1 amide bonds. The van der Waals surface area contributed by atoms with Crippen LogP contribution >= 0.6 is 23.1 Å². The lowest BCUT2D eigenvalue weighted by molar-refractivity contribution is -0.131. The topological polar surface area (TPSA) is 46.1 Å². The Balaban J connectivity index is 1.60. The van der Waals surface area contributed by atoms with Gasteiger partial charge in [-0.15, -0.1) is 10.2 Å². The van der Waals surface area contributed by atoms with Crippen LogP contribution in [0.25, 0.3) is 0 Å². The SMILES string of the molecule is O=C(CSc1nncs1)N1CCCCC1Cc1ccccc1. The summed E-state index contributed by atoms with van der Waals surface area (Å²) in [7, 11) is 0. The van der Waals surface area contributed by atoms with E-state index in [1.165, 1.54) is 35.1 Å². The first kappa shape index (κ1) is 15.5. The number of nitrogens with zero attached hydrogens (tertiary/aromatic N) is 3. The molecule has 0 aliphatic carbocycles. The molecule has 0 spiro atoms. The maximum absolute atomic E-state index is 12.6. The van der Waals surface area contributed by atoms with Crippen molar-refractivity contribution in [3.8, 4) is 0 Å². The van der Waals surface area contributed by atoms with Gasteiger partial charge in [-0.1, -0.05) is 53.4 Å². The Bertz CT molecular complexity index is 589. The van der Waals surface area contributed by atoms with Gasteiger partial charge in [0.25, 0.3) is 0 Å². The van der Waals surface area contributed by atoms with Crippen molar-refractivity contribution in [2.75, 3.05) is 12.3 Å². The quantitative estimate of drug-likeness (QED) is 0.788. The Labute approximate surface area is 138 Å². The lowest BCUT2D eigenvalue weighted by atomic mass is 9.95. The molecule has 1 unspecified atom stereocenters. The Hall–Kier alpha value is -1.40. The number of carbonyl (C=O) groups is 1. The van der Waals surface area contributed by atoms with Crippen molar-refractivity contribution in [1.29, 1.82) is 0 Å². The van der Waals surface area contributed by atoms with Gasteiger partial charge in [-0.05, 0) is 31.2 Å². The van der Waals surface area contributed by atoms with Gasteiger partial charge in [0.1, 0.15) is 5.51 Å². The minimum Gasteiger partial charge on any atom is -0.339 e. The monoisotopic (exact) mass is 333 g/mol. The molecule has 0 N–H and O–H groups in total. The summed E-state index contributed by atoms with van der Waals surface area (Å²) >= 11 is 2.98. The summed E-state index contributed by atoms with van der Waals surface area (Å²) in [6.07, 6.45) is 4.38. The number of rotatable bonds is 5. The molecule has 0 saturated carbocycles. The zero-order valence-corrected chi connectivity index (χ0v) is 14.0. The molecule has 1 atom stereocenters. The van der Waals surface area contributed by atoms with Gasteiger partial charge >= 0.3 is 0 Å². The van der Waals surface area contributed by atoms with Crippen LogP contribution in [0, 0.1) is 0 Å². The number of amides is 1. The van der Waals surface area contributed by atoms with Gasteiger partial charge < -0.3 is 4.90 Å². The number of benzene rings is 1. The summed E-state index contributed by atoms with van der Waals surface area (Å²) in [5, 5.41) is 7.79. The van der Waals surface area contributed by atoms with E-state index in [9.17, 15) is 4.79 Å². The first-order valence-corrected chi connectivity index (χ1v) is 9.42. The second-order valence-electron chi connectivity index (χ2n) is 5.42. The molecular weight excluding hydrogens is 314 g/mol. The van der Waals surface area contributed by atoms with Crippen LogP contribution in [0.5, 0.6) is 0 Å². The summed E-state index contributed by atoms with van der Waals surface area (Å²) in [5.74, 6) is 0.682. The molecule has 0 bridgehead atoms. The van der Waals surface area contributed by atoms with Crippen LogP contribution in [0.1, 0.15) is 24.8 Å². The van der Waals surface area contributed by atoms with Crippen molar-refractivity contribution >= 4 is 29.0 Å². The standard InChI is InChI=1S/C16H19N3OS2/c20-15(11-21-16-18-17-12-22-16)19-9-5-4-8-14(19)10-13-6-2-1-3-7-13/h1-3,6-7,12,14H,4-5,8-11H2. The molecule has 2 heterocycles. The number of thioether (sulfide) groups is 1. The number of carbonyl (C=O) groups excluding carboxylic acids is 1. The minimum atomic E-state index is 0.223. The van der Waals surface area contributed by atoms with E-state index < -0.39 is 0 Å². The van der Waals surface area contributed by atoms with Crippen LogP contribution in [-0.2, 0) is 11.2 Å². The summed E-state index contributed by atoms with van der Waals surface area (Å²) in [4.78, 5) is 14.6. The van der Waals surface area contributed by atoms with Crippen molar-refractivity contribution in [2.24, 2.45) is 0 Å². The molecule has 1 aliphatic heterocycles. The van der Waals surface area contributed by atoms with E-state index in [0.29, 0.717) is 11.8 Å². The maximum atomic E-state index is 12.6. The van der Waals surface area contributed by atoms with E-state index in [4.69, 9.17) is 0 Å². The second kappa shape index (κ2) is 7.74. The number of likely N-dealkylation sites (tertiary alicyclic amines) is 1. The molecule has 2 aromatic rings. The van der Waals surface area contributed by atoms with Crippen LogP contribution in [0.2, 0.25) is 0 Å². The van der Waals surface area contributed by atoms with Crippen molar-refractivity contribution in [1.82, 2.24) is 15.1 Å². The molecule has 0 radical (unpaired) electrons. The predicted molar refractivity (Wildman–Crippen MR) is 90.1 cm³/mol. The molecule has 4 nitrogen and oxygen atoms in total. The summed E-state index contributed by atoms with van der Waals surface area (Å²) < 4.78 is 0.866. The van der Waals surface area contributed by atoms with Gasteiger partial charge in [0.2, 0.25) is 5.91 Å². The van der Waals surface area contributed by atoms with Gasteiger partial charge in [-0.25, -0.2) is 0 Å². The highest BCUT2D eigenvalue weighted by atomic mass is 32.2. The molecule has 1 aromatic carbocycles. The molecule has 1 fully saturated rings. The van der Waals surface area contributed by atoms with E-state index in [2.05, 4.69) is 39.4 Å². The molecule has 1 aliphatic rings. The number of piperidine rings is 1. The third-order valence-corrected chi connectivity index (χ3v) is 5.77. The van der Waals surface area contributed by atoms with Gasteiger partial charge in [0.15, 0.2) is 4.34 Å². The molecule has 1 saturated heterocycles. The van der Waals surface area contributed by atoms with Crippen LogP contribution in [0.4, 0.5) is 0 Å². The van der Waals surface area contributed by atoms with E-state index in [1.54, 1.807) is 5.51 Å². The highest BCUT2D eigenvalue weighted by Crippen LogP contribution is 2.24. The highest BCUT2D eigenvalue weighted by molar-refractivity contribution is 8.01. The molecule has 1 aromatic heterocycles. The van der Waals surface area contributed by atoms with Crippen molar-refractivity contribution < 1.29 is 4.79 Å². The zero-order chi connectivity index (χ0) is 15.2. The summed E-state index contributed by atoms with van der Waals surface area (Å²) in [5.41, 5.74) is 3.01. The van der Waals surface area contributed by atoms with Crippen molar-refractivity contribution in [3.63, 3.8) is 0 Å². The van der Waals surface area contributed by atoms with Crippen LogP contribution in [0.3, 0.4) is 0 Å². The highest BCUT2D eigenvalue weighted by Gasteiger charge is 2.26. The van der Waals surface area contributed by atoms with E-state index in [-0.39, 0.29) is 5.91 Å². The lowest BCUT2D eigenvalue weighted by Crippen LogP contribution is -2.45. The summed E-state index contributed by atoms with van der Waals surface area (Å²) in [6.45, 7) is 0.882. The maximum Gasteiger partial charge on any atom is 0.233 e. The smallest absolute Gasteiger partial charge is 0.233 e. The van der Waals surface area contributed by atoms with Crippen LogP contribution in [0.15, 0.2) is 40.2 Å². The molecule has 116 valence electrons. The fraction of sp³-hybridized carbons (Fsp3) is 0.438. The largest absolute Gasteiger partial charge is 0.339 e. The fourth-order valence-corrected chi connectivity index (χ4v) is 4.23. The van der Waals surface area contributed by atoms with E-state index in [1.807, 2.05) is 6.07 Å².